The van der Waals surface area contributed by atoms with Crippen molar-refractivity contribution < 1.29 is 0 Å². The van der Waals surface area contributed by atoms with Gasteiger partial charge in [0.15, 0.2) is 0 Å². The average Bonchev–Trinajstić information content (AvgIpc) is 2.39. The van der Waals surface area contributed by atoms with Crippen LogP contribution in [0.4, 0.5) is 0 Å². The van der Waals surface area contributed by atoms with Gasteiger partial charge in [-0.3, -0.25) is 0 Å². The summed E-state index contributed by atoms with van der Waals surface area (Å²) in [6, 6.07) is 0. The molecule has 20 heavy (non-hydrogen) atoms. The van der Waals surface area contributed by atoms with E-state index in [9.17, 15) is 0 Å². The summed E-state index contributed by atoms with van der Waals surface area (Å²) in [5.41, 5.74) is 0.955. The zero-order valence-electron chi connectivity index (χ0n) is 14.5. The predicted molar refractivity (Wildman–Crippen MR) is 88.0 cm³/mol. The fourth-order valence-corrected chi connectivity index (χ4v) is 4.18. The van der Waals surface area contributed by atoms with Crippen molar-refractivity contribution in [2.75, 3.05) is 32.7 Å². The minimum Gasteiger partial charge on any atom is -0.316 e. The van der Waals surface area contributed by atoms with Crippen molar-refractivity contribution in [3.05, 3.63) is 0 Å². The molecule has 0 radical (unpaired) electrons. The minimum absolute atomic E-state index is 0.460. The second-order valence-electron chi connectivity index (χ2n) is 8.95. The lowest BCUT2D eigenvalue weighted by atomic mass is 9.73. The molecule has 0 bridgehead atoms. The van der Waals surface area contributed by atoms with Crippen LogP contribution in [-0.4, -0.2) is 37.6 Å². The van der Waals surface area contributed by atoms with E-state index in [0.717, 1.165) is 11.8 Å². The van der Waals surface area contributed by atoms with Crippen molar-refractivity contribution in [2.24, 2.45) is 22.7 Å². The van der Waals surface area contributed by atoms with Gasteiger partial charge in [-0.05, 0) is 74.5 Å². The van der Waals surface area contributed by atoms with Crippen LogP contribution in [0.25, 0.3) is 0 Å². The zero-order chi connectivity index (χ0) is 14.8. The van der Waals surface area contributed by atoms with Crippen LogP contribution in [0.15, 0.2) is 0 Å². The van der Waals surface area contributed by atoms with Gasteiger partial charge in [0.05, 0.1) is 0 Å². The van der Waals surface area contributed by atoms with E-state index in [1.165, 1.54) is 58.4 Å². The van der Waals surface area contributed by atoms with E-state index < -0.39 is 0 Å². The van der Waals surface area contributed by atoms with Crippen LogP contribution in [0, 0.1) is 22.7 Å². The average molecular weight is 281 g/mol. The van der Waals surface area contributed by atoms with Crippen LogP contribution in [0.1, 0.15) is 60.3 Å². The van der Waals surface area contributed by atoms with Gasteiger partial charge in [0, 0.05) is 6.54 Å². The van der Waals surface area contributed by atoms with Crippen LogP contribution in [0.3, 0.4) is 0 Å². The molecule has 0 saturated carbocycles. The van der Waals surface area contributed by atoms with Crippen LogP contribution in [0.5, 0.6) is 0 Å². The van der Waals surface area contributed by atoms with Gasteiger partial charge in [0.1, 0.15) is 0 Å². The van der Waals surface area contributed by atoms with Crippen LogP contribution >= 0.6 is 0 Å². The standard InChI is InChI=1S/C18H36N2/c1-17(2,3)15-8-11-20(12-9-15)14-18(4,5)16-7-6-10-19-13-16/h15-16,19H,6-14H2,1-5H3. The molecule has 2 heteroatoms. The Balaban J connectivity index is 1.82. The monoisotopic (exact) mass is 280 g/mol. The highest BCUT2D eigenvalue weighted by molar-refractivity contribution is 4.88. The van der Waals surface area contributed by atoms with Gasteiger partial charge in [-0.25, -0.2) is 0 Å². The predicted octanol–water partition coefficient (Wildman–Crippen LogP) is 3.77. The van der Waals surface area contributed by atoms with Crippen LogP contribution in [-0.2, 0) is 0 Å². The molecule has 2 rings (SSSR count). The highest BCUT2D eigenvalue weighted by Gasteiger charge is 2.35. The van der Waals surface area contributed by atoms with Gasteiger partial charge in [-0.2, -0.15) is 0 Å². The molecule has 2 saturated heterocycles. The van der Waals surface area contributed by atoms with Crippen molar-refractivity contribution in [1.29, 1.82) is 0 Å². The second kappa shape index (κ2) is 6.36. The van der Waals surface area contributed by atoms with E-state index in [1.807, 2.05) is 0 Å². The summed E-state index contributed by atoms with van der Waals surface area (Å²) in [6.45, 7) is 18.6. The third-order valence-electron chi connectivity index (χ3n) is 5.85. The number of likely N-dealkylation sites (tertiary alicyclic amines) is 1. The number of nitrogens with zero attached hydrogens (tertiary/aromatic N) is 1. The number of rotatable bonds is 3. The summed E-state index contributed by atoms with van der Waals surface area (Å²) in [5.74, 6) is 1.77. The lowest BCUT2D eigenvalue weighted by Crippen LogP contribution is -2.47. The first-order chi connectivity index (χ1) is 9.29. The SMILES string of the molecule is CC(C)(C)C1CCN(CC(C)(C)C2CCCNC2)CC1. The molecule has 2 heterocycles. The number of piperidine rings is 2. The normalized spacial score (nSPS) is 27.8. The highest BCUT2D eigenvalue weighted by atomic mass is 15.1. The molecule has 0 aromatic carbocycles. The molecule has 0 aromatic heterocycles. The lowest BCUT2D eigenvalue weighted by molar-refractivity contribution is 0.0556. The van der Waals surface area contributed by atoms with Crippen LogP contribution in [0.2, 0.25) is 0 Å². The zero-order valence-corrected chi connectivity index (χ0v) is 14.5. The summed E-state index contributed by atoms with van der Waals surface area (Å²) in [4.78, 5) is 2.73. The van der Waals surface area contributed by atoms with Crippen molar-refractivity contribution in [3.63, 3.8) is 0 Å². The first-order valence-electron chi connectivity index (χ1n) is 8.72. The maximum absolute atomic E-state index is 3.59. The van der Waals surface area contributed by atoms with E-state index >= 15 is 0 Å². The van der Waals surface area contributed by atoms with E-state index in [-0.39, 0.29) is 0 Å². The Morgan fingerprint density at radius 3 is 2.10 bits per heavy atom. The Morgan fingerprint density at radius 1 is 0.950 bits per heavy atom. The molecule has 0 aromatic rings. The largest absolute Gasteiger partial charge is 0.316 e. The molecule has 0 aliphatic carbocycles. The Bertz CT molecular complexity index is 289. The summed E-state index contributed by atoms with van der Waals surface area (Å²) < 4.78 is 0. The van der Waals surface area contributed by atoms with Crippen molar-refractivity contribution >= 4 is 0 Å². The molecule has 2 fully saturated rings. The third-order valence-corrected chi connectivity index (χ3v) is 5.85. The van der Waals surface area contributed by atoms with Gasteiger partial charge in [0.25, 0.3) is 0 Å². The number of nitrogens with one attached hydrogen (secondary N) is 1. The van der Waals surface area contributed by atoms with E-state index in [1.54, 1.807) is 0 Å². The molecule has 0 amide bonds. The summed E-state index contributed by atoms with van der Waals surface area (Å²) >= 11 is 0. The Labute approximate surface area is 126 Å². The first kappa shape index (κ1) is 16.3. The van der Waals surface area contributed by atoms with Crippen molar-refractivity contribution in [2.45, 2.75) is 60.3 Å². The molecule has 0 spiro atoms. The number of hydrogen-bond acceptors (Lipinski definition) is 2. The minimum atomic E-state index is 0.460. The van der Waals surface area contributed by atoms with E-state index in [2.05, 4.69) is 44.8 Å². The molecule has 2 aliphatic rings. The molecule has 2 nitrogen and oxygen atoms in total. The fraction of sp³-hybridized carbons (Fsp3) is 1.00. The van der Waals surface area contributed by atoms with Crippen molar-refractivity contribution in [1.82, 2.24) is 10.2 Å². The number of hydrogen-bond donors (Lipinski definition) is 1. The first-order valence-corrected chi connectivity index (χ1v) is 8.72. The maximum atomic E-state index is 3.59. The Morgan fingerprint density at radius 2 is 1.60 bits per heavy atom. The summed E-state index contributed by atoms with van der Waals surface area (Å²) in [5, 5.41) is 3.59. The molecule has 118 valence electrons. The molecular weight excluding hydrogens is 244 g/mol. The lowest BCUT2D eigenvalue weighted by Gasteiger charge is -2.44. The highest BCUT2D eigenvalue weighted by Crippen LogP contribution is 2.37. The molecule has 1 unspecified atom stereocenters. The molecular formula is C18H36N2. The summed E-state index contributed by atoms with van der Waals surface area (Å²) in [7, 11) is 0. The van der Waals surface area contributed by atoms with Gasteiger partial charge in [0.2, 0.25) is 0 Å². The summed E-state index contributed by atoms with van der Waals surface area (Å²) in [6.07, 6.45) is 5.56. The topological polar surface area (TPSA) is 15.3 Å². The van der Waals surface area contributed by atoms with Crippen LogP contribution < -0.4 is 5.32 Å². The quantitative estimate of drug-likeness (QED) is 0.846. The smallest absolute Gasteiger partial charge is 0.00358 e. The molecule has 2 aliphatic heterocycles. The van der Waals surface area contributed by atoms with Gasteiger partial charge in [-0.1, -0.05) is 34.6 Å². The van der Waals surface area contributed by atoms with Gasteiger partial charge < -0.3 is 10.2 Å². The van der Waals surface area contributed by atoms with E-state index in [0.29, 0.717) is 10.8 Å². The second-order valence-corrected chi connectivity index (χ2v) is 8.95. The van der Waals surface area contributed by atoms with Gasteiger partial charge in [-0.15, -0.1) is 0 Å². The van der Waals surface area contributed by atoms with E-state index in [4.69, 9.17) is 0 Å². The fourth-order valence-electron chi connectivity index (χ4n) is 4.18. The Kier molecular flexibility index (Phi) is 5.18. The molecule has 1 N–H and O–H groups in total. The van der Waals surface area contributed by atoms with Crippen molar-refractivity contribution in [3.8, 4) is 0 Å². The van der Waals surface area contributed by atoms with Gasteiger partial charge >= 0.3 is 0 Å². The molecule has 1 atom stereocenters. The Hall–Kier alpha value is -0.0800. The maximum Gasteiger partial charge on any atom is 0.00358 e. The third kappa shape index (κ3) is 4.21.